The lowest BCUT2D eigenvalue weighted by molar-refractivity contribution is 0.0607. The van der Waals surface area contributed by atoms with E-state index in [0.29, 0.717) is 30.0 Å². The number of likely N-dealkylation sites (N-methyl/N-ethyl adjacent to an activating group) is 1. The lowest BCUT2D eigenvalue weighted by Crippen LogP contribution is -2.48. The topological polar surface area (TPSA) is 32.8 Å². The molecular formula is C23H27FN2O2. The van der Waals surface area contributed by atoms with Gasteiger partial charge in [-0.2, -0.15) is 0 Å². The smallest absolute Gasteiger partial charge is 0.254 e. The zero-order valence-corrected chi connectivity index (χ0v) is 16.3. The summed E-state index contributed by atoms with van der Waals surface area (Å²) in [5.41, 5.74) is 1.31. The molecule has 3 rings (SSSR count). The largest absolute Gasteiger partial charge is 0.490 e. The predicted molar refractivity (Wildman–Crippen MR) is 109 cm³/mol. The van der Waals surface area contributed by atoms with Crippen LogP contribution in [0.3, 0.4) is 0 Å². The molecule has 5 heteroatoms. The minimum Gasteiger partial charge on any atom is -0.490 e. The molecule has 148 valence electrons. The molecule has 28 heavy (non-hydrogen) atoms. The Morgan fingerprint density at radius 2 is 2.14 bits per heavy atom. The van der Waals surface area contributed by atoms with Crippen LogP contribution in [-0.4, -0.2) is 48.5 Å². The van der Waals surface area contributed by atoms with E-state index in [2.05, 4.69) is 11.5 Å². The minimum absolute atomic E-state index is 0.0261. The van der Waals surface area contributed by atoms with Crippen LogP contribution in [0.25, 0.3) is 0 Å². The highest BCUT2D eigenvalue weighted by molar-refractivity contribution is 5.94. The molecule has 1 aliphatic heterocycles. The second-order valence-electron chi connectivity index (χ2n) is 7.17. The van der Waals surface area contributed by atoms with Gasteiger partial charge in [-0.05, 0) is 43.7 Å². The minimum atomic E-state index is -0.176. The normalized spacial score (nSPS) is 17.1. The number of rotatable bonds is 7. The molecule has 0 aliphatic carbocycles. The van der Waals surface area contributed by atoms with Crippen molar-refractivity contribution >= 4 is 5.91 Å². The maximum atomic E-state index is 14.0. The second-order valence-corrected chi connectivity index (χ2v) is 7.17. The van der Waals surface area contributed by atoms with E-state index >= 15 is 0 Å². The van der Waals surface area contributed by atoms with Crippen LogP contribution in [-0.2, 0) is 6.54 Å². The van der Waals surface area contributed by atoms with Crippen molar-refractivity contribution in [3.8, 4) is 5.75 Å². The maximum absolute atomic E-state index is 14.0. The van der Waals surface area contributed by atoms with E-state index in [-0.39, 0.29) is 17.8 Å². The first-order valence-electron chi connectivity index (χ1n) is 9.65. The fourth-order valence-corrected chi connectivity index (χ4v) is 3.60. The quantitative estimate of drug-likeness (QED) is 0.675. The molecule has 1 heterocycles. The number of carbonyl (C=O) groups is 1. The van der Waals surface area contributed by atoms with E-state index in [9.17, 15) is 9.18 Å². The van der Waals surface area contributed by atoms with Gasteiger partial charge in [-0.3, -0.25) is 9.69 Å². The first-order valence-corrected chi connectivity index (χ1v) is 9.65. The number of ether oxygens (including phenoxy) is 1. The van der Waals surface area contributed by atoms with Crippen LogP contribution < -0.4 is 4.74 Å². The average molecular weight is 382 g/mol. The van der Waals surface area contributed by atoms with Gasteiger partial charge in [0.1, 0.15) is 18.2 Å². The van der Waals surface area contributed by atoms with Gasteiger partial charge in [0.15, 0.2) is 0 Å². The third kappa shape index (κ3) is 4.98. The zero-order chi connectivity index (χ0) is 19.9. The van der Waals surface area contributed by atoms with Crippen molar-refractivity contribution in [3.05, 3.63) is 78.1 Å². The van der Waals surface area contributed by atoms with Crippen molar-refractivity contribution in [2.45, 2.75) is 25.4 Å². The van der Waals surface area contributed by atoms with Crippen LogP contribution in [0.4, 0.5) is 4.39 Å². The van der Waals surface area contributed by atoms with E-state index in [0.717, 1.165) is 25.9 Å². The summed E-state index contributed by atoms with van der Waals surface area (Å²) in [6.07, 6.45) is 3.61. The number of halogens is 1. The van der Waals surface area contributed by atoms with Gasteiger partial charge in [-0.1, -0.05) is 36.9 Å². The van der Waals surface area contributed by atoms with Crippen LogP contribution in [0.2, 0.25) is 0 Å². The maximum Gasteiger partial charge on any atom is 0.254 e. The molecule has 4 nitrogen and oxygen atoms in total. The number of nitrogens with zero attached hydrogens (tertiary/aromatic N) is 2. The van der Waals surface area contributed by atoms with Crippen molar-refractivity contribution in [2.75, 3.05) is 26.7 Å². The molecule has 1 aliphatic rings. The Labute approximate surface area is 166 Å². The Morgan fingerprint density at radius 1 is 1.32 bits per heavy atom. The van der Waals surface area contributed by atoms with Crippen molar-refractivity contribution in [1.29, 1.82) is 0 Å². The second kappa shape index (κ2) is 9.51. The summed E-state index contributed by atoms with van der Waals surface area (Å²) in [6.45, 7) is 6.26. The standard InChI is InChI=1S/C23H27FN2O2/c1-3-14-28-21-11-6-9-18(15-21)23(27)25(2)20-10-7-13-26(17-20)16-19-8-4-5-12-22(19)24/h3-6,8-9,11-12,15,20H,1,7,10,13-14,16-17H2,2H3/t20-/m0/s1. The summed E-state index contributed by atoms with van der Waals surface area (Å²) < 4.78 is 19.5. The summed E-state index contributed by atoms with van der Waals surface area (Å²) in [4.78, 5) is 17.0. The molecule has 0 radical (unpaired) electrons. The van der Waals surface area contributed by atoms with Gasteiger partial charge < -0.3 is 9.64 Å². The van der Waals surface area contributed by atoms with Gasteiger partial charge in [0.25, 0.3) is 5.91 Å². The highest BCUT2D eigenvalue weighted by Gasteiger charge is 2.27. The monoisotopic (exact) mass is 382 g/mol. The van der Waals surface area contributed by atoms with E-state index < -0.39 is 0 Å². The summed E-state index contributed by atoms with van der Waals surface area (Å²) in [7, 11) is 1.84. The molecule has 0 saturated carbocycles. The van der Waals surface area contributed by atoms with Gasteiger partial charge in [-0.25, -0.2) is 4.39 Å². The van der Waals surface area contributed by atoms with E-state index in [4.69, 9.17) is 4.74 Å². The number of hydrogen-bond donors (Lipinski definition) is 0. The highest BCUT2D eigenvalue weighted by Crippen LogP contribution is 2.21. The van der Waals surface area contributed by atoms with Crippen LogP contribution in [0.5, 0.6) is 5.75 Å². The van der Waals surface area contributed by atoms with Gasteiger partial charge in [-0.15, -0.1) is 0 Å². The molecule has 2 aromatic carbocycles. The highest BCUT2D eigenvalue weighted by atomic mass is 19.1. The Balaban J connectivity index is 1.64. The van der Waals surface area contributed by atoms with Gasteiger partial charge in [0.05, 0.1) is 0 Å². The van der Waals surface area contributed by atoms with Crippen molar-refractivity contribution in [1.82, 2.24) is 9.80 Å². The van der Waals surface area contributed by atoms with Gasteiger partial charge in [0, 0.05) is 37.3 Å². The lowest BCUT2D eigenvalue weighted by Gasteiger charge is -2.37. The van der Waals surface area contributed by atoms with E-state index in [1.807, 2.05) is 31.3 Å². The van der Waals surface area contributed by atoms with E-state index in [1.54, 1.807) is 29.2 Å². The molecule has 0 N–H and O–H groups in total. The number of piperidine rings is 1. The van der Waals surface area contributed by atoms with Crippen molar-refractivity contribution < 1.29 is 13.9 Å². The first-order chi connectivity index (χ1) is 13.6. The SMILES string of the molecule is C=CCOc1cccc(C(=O)N(C)[C@H]2CCCN(Cc3ccccc3F)C2)c1. The summed E-state index contributed by atoms with van der Waals surface area (Å²) >= 11 is 0. The first kappa shape index (κ1) is 20.1. The molecule has 1 saturated heterocycles. The number of likely N-dealkylation sites (tertiary alicyclic amines) is 1. The number of amides is 1. The molecule has 0 spiro atoms. The third-order valence-corrected chi connectivity index (χ3v) is 5.15. The molecule has 0 bridgehead atoms. The fourth-order valence-electron chi connectivity index (χ4n) is 3.60. The zero-order valence-electron chi connectivity index (χ0n) is 16.3. The number of carbonyl (C=O) groups excluding carboxylic acids is 1. The molecule has 1 fully saturated rings. The number of hydrogen-bond acceptors (Lipinski definition) is 3. The summed E-state index contributed by atoms with van der Waals surface area (Å²) in [6, 6.07) is 14.2. The Kier molecular flexibility index (Phi) is 6.82. The molecule has 1 amide bonds. The molecule has 0 unspecified atom stereocenters. The van der Waals surface area contributed by atoms with Crippen LogP contribution in [0, 0.1) is 5.82 Å². The van der Waals surface area contributed by atoms with Crippen LogP contribution in [0.1, 0.15) is 28.8 Å². The van der Waals surface area contributed by atoms with Crippen molar-refractivity contribution in [3.63, 3.8) is 0 Å². The Hall–Kier alpha value is -2.66. The Morgan fingerprint density at radius 3 is 2.93 bits per heavy atom. The average Bonchev–Trinajstić information content (AvgIpc) is 2.73. The van der Waals surface area contributed by atoms with Crippen LogP contribution in [0.15, 0.2) is 61.2 Å². The molecule has 1 atom stereocenters. The van der Waals surface area contributed by atoms with Crippen molar-refractivity contribution in [2.24, 2.45) is 0 Å². The molecule has 0 aromatic heterocycles. The lowest BCUT2D eigenvalue weighted by atomic mass is 10.0. The fraction of sp³-hybridized carbons (Fsp3) is 0.348. The van der Waals surface area contributed by atoms with E-state index in [1.165, 1.54) is 6.07 Å². The van der Waals surface area contributed by atoms with Crippen LogP contribution >= 0.6 is 0 Å². The molecule has 2 aromatic rings. The predicted octanol–water partition coefficient (Wildman–Crippen LogP) is 4.13. The summed E-state index contributed by atoms with van der Waals surface area (Å²) in [5, 5.41) is 0. The third-order valence-electron chi connectivity index (χ3n) is 5.15. The Bertz CT molecular complexity index is 824. The van der Waals surface area contributed by atoms with Gasteiger partial charge in [0.2, 0.25) is 0 Å². The van der Waals surface area contributed by atoms with Gasteiger partial charge >= 0.3 is 0 Å². The number of benzene rings is 2. The summed E-state index contributed by atoms with van der Waals surface area (Å²) in [5.74, 6) is 0.455. The molecular weight excluding hydrogens is 355 g/mol.